The van der Waals surface area contributed by atoms with Gasteiger partial charge in [0.1, 0.15) is 0 Å². The Morgan fingerprint density at radius 2 is 1.86 bits per heavy atom. The zero-order chi connectivity index (χ0) is 15.7. The predicted octanol–water partition coefficient (Wildman–Crippen LogP) is 1.22. The molecule has 5 nitrogen and oxygen atoms in total. The number of amides is 1. The fraction of sp³-hybridized carbons (Fsp3) is 0.500. The van der Waals surface area contributed by atoms with Crippen LogP contribution < -0.4 is 5.32 Å². The van der Waals surface area contributed by atoms with Crippen molar-refractivity contribution < 1.29 is 19.4 Å². The van der Waals surface area contributed by atoms with E-state index < -0.39 is 12.1 Å². The lowest BCUT2D eigenvalue weighted by Crippen LogP contribution is -2.37. The summed E-state index contributed by atoms with van der Waals surface area (Å²) in [7, 11) is 1.19. The van der Waals surface area contributed by atoms with E-state index in [4.69, 9.17) is 0 Å². The summed E-state index contributed by atoms with van der Waals surface area (Å²) in [5, 5.41) is 11.9. The van der Waals surface area contributed by atoms with E-state index in [2.05, 4.69) is 17.0 Å². The van der Waals surface area contributed by atoms with Crippen molar-refractivity contribution in [1.29, 1.82) is 0 Å². The average Bonchev–Trinajstić information content (AvgIpc) is 2.51. The van der Waals surface area contributed by atoms with E-state index in [1.54, 1.807) is 0 Å². The van der Waals surface area contributed by atoms with Crippen LogP contribution in [0.3, 0.4) is 0 Å². The molecule has 0 saturated heterocycles. The molecule has 1 atom stereocenters. The predicted molar refractivity (Wildman–Crippen MR) is 79.8 cm³/mol. The van der Waals surface area contributed by atoms with Crippen LogP contribution in [0.15, 0.2) is 24.3 Å². The van der Waals surface area contributed by atoms with Crippen molar-refractivity contribution >= 4 is 11.9 Å². The summed E-state index contributed by atoms with van der Waals surface area (Å²) in [6.45, 7) is 2.02. The molecule has 0 aromatic heterocycles. The van der Waals surface area contributed by atoms with Crippen molar-refractivity contribution in [2.45, 2.75) is 38.7 Å². The number of ether oxygens (including phenoxy) is 1. The van der Waals surface area contributed by atoms with E-state index in [9.17, 15) is 14.7 Å². The minimum Gasteiger partial charge on any atom is -0.467 e. The summed E-state index contributed by atoms with van der Waals surface area (Å²) in [6, 6.07) is 7.92. The van der Waals surface area contributed by atoms with Gasteiger partial charge in [0.15, 0.2) is 6.10 Å². The number of esters is 1. The van der Waals surface area contributed by atoms with Crippen LogP contribution >= 0.6 is 0 Å². The number of carbonyl (C=O) groups is 2. The molecule has 1 aromatic rings. The first kappa shape index (κ1) is 17.2. The number of aliphatic hydroxyl groups is 1. The molecule has 1 amide bonds. The minimum absolute atomic E-state index is 0.139. The summed E-state index contributed by atoms with van der Waals surface area (Å²) >= 11 is 0. The van der Waals surface area contributed by atoms with E-state index >= 15 is 0 Å². The van der Waals surface area contributed by atoms with Crippen LogP contribution in [0.5, 0.6) is 0 Å². The highest BCUT2D eigenvalue weighted by molar-refractivity contribution is 5.80. The van der Waals surface area contributed by atoms with Gasteiger partial charge in [0.2, 0.25) is 5.91 Å². The lowest BCUT2D eigenvalue weighted by molar-refractivity contribution is -0.150. The minimum atomic E-state index is -1.32. The molecule has 116 valence electrons. The van der Waals surface area contributed by atoms with Gasteiger partial charge >= 0.3 is 5.97 Å². The first-order valence-corrected chi connectivity index (χ1v) is 7.17. The number of methoxy groups -OCH3 is 1. The van der Waals surface area contributed by atoms with Crippen molar-refractivity contribution in [2.24, 2.45) is 0 Å². The first-order valence-electron chi connectivity index (χ1n) is 7.17. The topological polar surface area (TPSA) is 75.6 Å². The van der Waals surface area contributed by atoms with Gasteiger partial charge in [-0.3, -0.25) is 4.79 Å². The Bertz CT molecular complexity index is 456. The largest absolute Gasteiger partial charge is 0.467 e. The maximum Gasteiger partial charge on any atom is 0.336 e. The molecule has 0 bridgehead atoms. The lowest BCUT2D eigenvalue weighted by atomic mass is 10.0. The Balaban J connectivity index is 2.39. The summed E-state index contributed by atoms with van der Waals surface area (Å²) in [5.41, 5.74) is 2.17. The fourth-order valence-electron chi connectivity index (χ4n) is 1.88. The second-order valence-electron chi connectivity index (χ2n) is 4.94. The van der Waals surface area contributed by atoms with E-state index in [0.717, 1.165) is 24.8 Å². The highest BCUT2D eigenvalue weighted by atomic mass is 16.5. The van der Waals surface area contributed by atoms with Crippen LogP contribution in [0.1, 0.15) is 30.9 Å². The number of aliphatic hydroxyl groups excluding tert-OH is 1. The number of aryl methyl sites for hydroxylation is 1. The lowest BCUT2D eigenvalue weighted by Gasteiger charge is -2.10. The third-order valence-electron chi connectivity index (χ3n) is 3.17. The van der Waals surface area contributed by atoms with Crippen molar-refractivity contribution in [2.75, 3.05) is 13.7 Å². The highest BCUT2D eigenvalue weighted by Gasteiger charge is 2.16. The molecule has 0 aliphatic rings. The van der Waals surface area contributed by atoms with Crippen molar-refractivity contribution in [3.63, 3.8) is 0 Å². The number of hydrogen-bond donors (Lipinski definition) is 2. The zero-order valence-electron chi connectivity index (χ0n) is 12.6. The molecule has 0 spiro atoms. The van der Waals surface area contributed by atoms with Gasteiger partial charge in [-0.1, -0.05) is 37.6 Å². The maximum atomic E-state index is 11.7. The van der Waals surface area contributed by atoms with Crippen molar-refractivity contribution in [3.05, 3.63) is 35.4 Å². The first-order chi connectivity index (χ1) is 10.1. The van der Waals surface area contributed by atoms with Gasteiger partial charge in [-0.25, -0.2) is 4.79 Å². The smallest absolute Gasteiger partial charge is 0.336 e. The highest BCUT2D eigenvalue weighted by Crippen LogP contribution is 2.08. The molecule has 0 aliphatic heterocycles. The Morgan fingerprint density at radius 1 is 1.24 bits per heavy atom. The normalized spacial score (nSPS) is 11.8. The number of rotatable bonds is 8. The van der Waals surface area contributed by atoms with E-state index in [0.29, 0.717) is 0 Å². The molecular formula is C16H23NO4. The molecule has 0 aliphatic carbocycles. The molecule has 0 radical (unpaired) electrons. The van der Waals surface area contributed by atoms with Crippen LogP contribution in [0.2, 0.25) is 0 Å². The molecule has 0 saturated carbocycles. The van der Waals surface area contributed by atoms with Crippen LogP contribution in [0, 0.1) is 0 Å². The monoisotopic (exact) mass is 293 g/mol. The molecule has 0 fully saturated rings. The fourth-order valence-corrected chi connectivity index (χ4v) is 1.88. The van der Waals surface area contributed by atoms with E-state index in [1.807, 2.05) is 24.3 Å². The standard InChI is InChI=1S/C16H23NO4/c1-3-4-5-12-6-8-13(9-7-12)10-15(19)17-11-14(18)16(20)21-2/h6-9,14,18H,3-5,10-11H2,1-2H3,(H,17,19). The van der Waals surface area contributed by atoms with Crippen LogP contribution in [0.4, 0.5) is 0 Å². The number of unbranched alkanes of at least 4 members (excludes halogenated alkanes) is 1. The van der Waals surface area contributed by atoms with Gasteiger partial charge in [0.05, 0.1) is 20.1 Å². The van der Waals surface area contributed by atoms with Gasteiger partial charge in [-0.05, 0) is 24.0 Å². The Morgan fingerprint density at radius 3 is 2.43 bits per heavy atom. The van der Waals surface area contributed by atoms with Gasteiger partial charge in [-0.15, -0.1) is 0 Å². The molecule has 1 unspecified atom stereocenters. The molecule has 1 aromatic carbocycles. The van der Waals surface area contributed by atoms with Crippen LogP contribution in [-0.4, -0.2) is 36.7 Å². The third-order valence-corrected chi connectivity index (χ3v) is 3.17. The summed E-state index contributed by atoms with van der Waals surface area (Å²) in [6.07, 6.45) is 2.27. The van der Waals surface area contributed by atoms with E-state index in [-0.39, 0.29) is 18.9 Å². The van der Waals surface area contributed by atoms with Crippen molar-refractivity contribution in [3.8, 4) is 0 Å². The van der Waals surface area contributed by atoms with Gasteiger partial charge in [0, 0.05) is 0 Å². The maximum absolute atomic E-state index is 11.7. The van der Waals surface area contributed by atoms with Crippen LogP contribution in [-0.2, 0) is 27.2 Å². The Hall–Kier alpha value is -1.88. The quantitative estimate of drug-likeness (QED) is 0.707. The summed E-state index contributed by atoms with van der Waals surface area (Å²) < 4.78 is 4.37. The number of nitrogens with one attached hydrogen (secondary N) is 1. The molecule has 1 rings (SSSR count). The van der Waals surface area contributed by atoms with Gasteiger partial charge in [-0.2, -0.15) is 0 Å². The summed E-state index contributed by atoms with van der Waals surface area (Å²) in [5.74, 6) is -0.991. The number of hydrogen-bond acceptors (Lipinski definition) is 4. The second kappa shape index (κ2) is 9.13. The molecular weight excluding hydrogens is 270 g/mol. The van der Waals surface area contributed by atoms with Gasteiger partial charge in [0.25, 0.3) is 0 Å². The number of carbonyl (C=O) groups excluding carboxylic acids is 2. The average molecular weight is 293 g/mol. The number of benzene rings is 1. The molecule has 5 heteroatoms. The second-order valence-corrected chi connectivity index (χ2v) is 4.94. The van der Waals surface area contributed by atoms with E-state index in [1.165, 1.54) is 12.7 Å². The summed E-state index contributed by atoms with van der Waals surface area (Å²) in [4.78, 5) is 22.7. The zero-order valence-corrected chi connectivity index (χ0v) is 12.6. The van der Waals surface area contributed by atoms with Crippen molar-refractivity contribution in [1.82, 2.24) is 5.32 Å². The molecule has 0 heterocycles. The van der Waals surface area contributed by atoms with Gasteiger partial charge < -0.3 is 15.2 Å². The molecule has 2 N–H and O–H groups in total. The SMILES string of the molecule is CCCCc1ccc(CC(=O)NCC(O)C(=O)OC)cc1. The Kier molecular flexibility index (Phi) is 7.46. The Labute approximate surface area is 125 Å². The van der Waals surface area contributed by atoms with Crippen LogP contribution in [0.25, 0.3) is 0 Å². The molecule has 21 heavy (non-hydrogen) atoms. The third kappa shape index (κ3) is 6.40.